The van der Waals surface area contributed by atoms with Gasteiger partial charge in [-0.1, -0.05) is 11.6 Å². The highest BCUT2D eigenvalue weighted by Crippen LogP contribution is 2.18. The van der Waals surface area contributed by atoms with Crippen LogP contribution in [0.5, 0.6) is 0 Å². The van der Waals surface area contributed by atoms with Crippen molar-refractivity contribution in [1.82, 2.24) is 5.01 Å². The van der Waals surface area contributed by atoms with E-state index in [1.807, 2.05) is 0 Å². The van der Waals surface area contributed by atoms with E-state index in [-0.39, 0.29) is 35.7 Å². The molecule has 7 nitrogen and oxygen atoms in total. The van der Waals surface area contributed by atoms with Crippen molar-refractivity contribution in [3.05, 3.63) is 29.3 Å². The second-order valence-electron chi connectivity index (χ2n) is 4.77. The second-order valence-corrected chi connectivity index (χ2v) is 4.77. The first kappa shape index (κ1) is 14.7. The second kappa shape index (κ2) is 5.74. The van der Waals surface area contributed by atoms with Gasteiger partial charge in [-0.2, -0.15) is 5.10 Å². The van der Waals surface area contributed by atoms with Crippen molar-refractivity contribution in [2.45, 2.75) is 19.8 Å². The van der Waals surface area contributed by atoms with Crippen LogP contribution < -0.4 is 5.32 Å². The number of carbonyl (C=O) groups excluding carboxylic acids is 2. The molecule has 0 bridgehead atoms. The molecule has 2 amide bonds. The Morgan fingerprint density at radius 1 is 1.33 bits per heavy atom. The van der Waals surface area contributed by atoms with E-state index in [0.29, 0.717) is 0 Å². The molecule has 0 fully saturated rings. The Kier molecular flexibility index (Phi) is 4.02. The molecule has 1 aromatic carbocycles. The van der Waals surface area contributed by atoms with Gasteiger partial charge in [0.05, 0.1) is 11.3 Å². The largest absolute Gasteiger partial charge is 0.478 e. The maximum absolute atomic E-state index is 12.1. The van der Waals surface area contributed by atoms with Crippen LogP contribution in [0.2, 0.25) is 0 Å². The smallest absolute Gasteiger partial charge is 0.337 e. The summed E-state index contributed by atoms with van der Waals surface area (Å²) in [7, 11) is 1.48. The van der Waals surface area contributed by atoms with Crippen molar-refractivity contribution < 1.29 is 19.5 Å². The van der Waals surface area contributed by atoms with Crippen molar-refractivity contribution in [1.29, 1.82) is 0 Å². The lowest BCUT2D eigenvalue weighted by atomic mass is 10.1. The number of hydrazone groups is 1. The van der Waals surface area contributed by atoms with Gasteiger partial charge in [0.1, 0.15) is 5.71 Å². The Morgan fingerprint density at radius 2 is 2.05 bits per heavy atom. The van der Waals surface area contributed by atoms with Crippen LogP contribution in [0.15, 0.2) is 23.3 Å². The molecule has 0 saturated carbocycles. The van der Waals surface area contributed by atoms with Crippen LogP contribution in [0.1, 0.15) is 28.8 Å². The van der Waals surface area contributed by atoms with Crippen LogP contribution in [-0.2, 0) is 9.59 Å². The van der Waals surface area contributed by atoms with E-state index < -0.39 is 11.9 Å². The van der Waals surface area contributed by atoms with Crippen LogP contribution in [0, 0.1) is 6.92 Å². The molecule has 1 aliphatic rings. The lowest BCUT2D eigenvalue weighted by Crippen LogP contribution is -2.34. The number of amides is 2. The van der Waals surface area contributed by atoms with Gasteiger partial charge in [0, 0.05) is 19.9 Å². The minimum absolute atomic E-state index is 0.0178. The number of carboxylic acids is 1. The van der Waals surface area contributed by atoms with Gasteiger partial charge in [0.15, 0.2) is 0 Å². The summed E-state index contributed by atoms with van der Waals surface area (Å²) in [5, 5.41) is 16.7. The summed E-state index contributed by atoms with van der Waals surface area (Å²) in [6.45, 7) is 1.77. The molecule has 1 aliphatic heterocycles. The predicted molar refractivity (Wildman–Crippen MR) is 76.2 cm³/mol. The van der Waals surface area contributed by atoms with Crippen LogP contribution in [0.3, 0.4) is 0 Å². The zero-order valence-electron chi connectivity index (χ0n) is 11.7. The summed E-state index contributed by atoms with van der Waals surface area (Å²) in [5.74, 6) is -1.78. The van der Waals surface area contributed by atoms with Crippen LogP contribution in [-0.4, -0.2) is 40.7 Å². The highest BCUT2D eigenvalue weighted by Gasteiger charge is 2.23. The van der Waals surface area contributed by atoms with Gasteiger partial charge in [-0.15, -0.1) is 0 Å². The summed E-state index contributed by atoms with van der Waals surface area (Å²) in [5.41, 5.74) is 1.21. The molecule has 2 rings (SSSR count). The Bertz CT molecular complexity index is 652. The van der Waals surface area contributed by atoms with Gasteiger partial charge in [0.2, 0.25) is 5.91 Å². The van der Waals surface area contributed by atoms with Gasteiger partial charge in [-0.05, 0) is 19.1 Å². The number of nitrogens with zero attached hydrogens (tertiary/aromatic N) is 2. The number of aryl methyl sites for hydroxylation is 1. The first-order valence-corrected chi connectivity index (χ1v) is 6.38. The molecule has 0 saturated heterocycles. The lowest BCUT2D eigenvalue weighted by molar-refractivity contribution is -0.130. The highest BCUT2D eigenvalue weighted by molar-refractivity contribution is 6.43. The molecule has 2 N–H and O–H groups in total. The van der Waals surface area contributed by atoms with E-state index >= 15 is 0 Å². The quantitative estimate of drug-likeness (QED) is 0.874. The van der Waals surface area contributed by atoms with Gasteiger partial charge < -0.3 is 10.4 Å². The molecule has 110 valence electrons. The zero-order chi connectivity index (χ0) is 15.6. The summed E-state index contributed by atoms with van der Waals surface area (Å²) in [6, 6.07) is 4.73. The Hall–Kier alpha value is -2.70. The summed E-state index contributed by atoms with van der Waals surface area (Å²) in [4.78, 5) is 34.6. The molecule has 0 aliphatic carbocycles. The van der Waals surface area contributed by atoms with Crippen LogP contribution >= 0.6 is 0 Å². The van der Waals surface area contributed by atoms with Crippen LogP contribution in [0.25, 0.3) is 0 Å². The minimum Gasteiger partial charge on any atom is -0.478 e. The zero-order valence-corrected chi connectivity index (χ0v) is 11.7. The molecule has 0 unspecified atom stereocenters. The van der Waals surface area contributed by atoms with Crippen molar-refractivity contribution in [2.24, 2.45) is 5.10 Å². The Balaban J connectivity index is 2.23. The summed E-state index contributed by atoms with van der Waals surface area (Å²) < 4.78 is 0. The molecule has 0 aromatic heterocycles. The van der Waals surface area contributed by atoms with Gasteiger partial charge in [-0.25, -0.2) is 9.80 Å². The van der Waals surface area contributed by atoms with Gasteiger partial charge in [-0.3, -0.25) is 9.59 Å². The fourth-order valence-corrected chi connectivity index (χ4v) is 1.97. The normalized spacial score (nSPS) is 14.7. The third kappa shape index (κ3) is 3.25. The first-order chi connectivity index (χ1) is 9.88. The first-order valence-electron chi connectivity index (χ1n) is 6.38. The Labute approximate surface area is 121 Å². The number of hydrogen-bond acceptors (Lipinski definition) is 4. The third-order valence-corrected chi connectivity index (χ3v) is 3.12. The Morgan fingerprint density at radius 3 is 2.67 bits per heavy atom. The molecular formula is C14H15N3O4. The SMILES string of the molecule is Cc1ccc(NC(=O)C2=NN(C)C(=O)CC2)c(C(=O)O)c1. The molecule has 0 spiro atoms. The molecule has 0 radical (unpaired) electrons. The maximum atomic E-state index is 12.1. The number of nitrogens with one attached hydrogen (secondary N) is 1. The monoisotopic (exact) mass is 289 g/mol. The minimum atomic E-state index is -1.12. The number of carbonyl (C=O) groups is 3. The maximum Gasteiger partial charge on any atom is 0.337 e. The molecular weight excluding hydrogens is 274 g/mol. The highest BCUT2D eigenvalue weighted by atomic mass is 16.4. The van der Waals surface area contributed by atoms with Gasteiger partial charge >= 0.3 is 5.97 Å². The number of benzene rings is 1. The number of carboxylic acid groups (broad SMARTS) is 1. The van der Waals surface area contributed by atoms with Crippen molar-refractivity contribution in [3.8, 4) is 0 Å². The van der Waals surface area contributed by atoms with Crippen molar-refractivity contribution in [2.75, 3.05) is 12.4 Å². The van der Waals surface area contributed by atoms with Gasteiger partial charge in [0.25, 0.3) is 5.91 Å². The standard InChI is InChI=1S/C14H15N3O4/c1-8-3-4-10(9(7-8)14(20)21)15-13(19)11-5-6-12(18)17(2)16-11/h3-4,7H,5-6H2,1-2H3,(H,15,19)(H,20,21). The fourth-order valence-electron chi connectivity index (χ4n) is 1.97. The molecule has 21 heavy (non-hydrogen) atoms. The molecule has 7 heteroatoms. The van der Waals surface area contributed by atoms with E-state index in [1.165, 1.54) is 19.2 Å². The number of rotatable bonds is 3. The summed E-state index contributed by atoms with van der Waals surface area (Å²) >= 11 is 0. The van der Waals surface area contributed by atoms with E-state index in [0.717, 1.165) is 10.6 Å². The van der Waals surface area contributed by atoms with Crippen LogP contribution in [0.4, 0.5) is 5.69 Å². The number of aromatic carboxylic acids is 1. The van der Waals surface area contributed by atoms with Crippen molar-refractivity contribution >= 4 is 29.2 Å². The average Bonchev–Trinajstić information content (AvgIpc) is 2.43. The van der Waals surface area contributed by atoms with E-state index in [9.17, 15) is 14.4 Å². The fraction of sp³-hybridized carbons (Fsp3) is 0.286. The topological polar surface area (TPSA) is 99.1 Å². The molecule has 1 heterocycles. The third-order valence-electron chi connectivity index (χ3n) is 3.12. The molecule has 1 aromatic rings. The average molecular weight is 289 g/mol. The van der Waals surface area contributed by atoms with Crippen molar-refractivity contribution in [3.63, 3.8) is 0 Å². The number of anilines is 1. The lowest BCUT2D eigenvalue weighted by Gasteiger charge is -2.19. The van der Waals surface area contributed by atoms with E-state index in [1.54, 1.807) is 13.0 Å². The summed E-state index contributed by atoms with van der Waals surface area (Å²) in [6.07, 6.45) is 0.450. The number of hydrogen-bond donors (Lipinski definition) is 2. The van der Waals surface area contributed by atoms with E-state index in [4.69, 9.17) is 5.11 Å². The predicted octanol–water partition coefficient (Wildman–Crippen LogP) is 1.24. The van der Waals surface area contributed by atoms with E-state index in [2.05, 4.69) is 10.4 Å². The molecule has 0 atom stereocenters.